The third kappa shape index (κ3) is 3.39. The molecule has 1 aromatic carbocycles. The van der Waals surface area contributed by atoms with Crippen LogP contribution in [0.2, 0.25) is 0 Å². The molecule has 1 heterocycles. The zero-order valence-electron chi connectivity index (χ0n) is 11.7. The van der Waals surface area contributed by atoms with Crippen LogP contribution in [0.4, 0.5) is 5.69 Å². The van der Waals surface area contributed by atoms with Crippen molar-refractivity contribution in [1.29, 1.82) is 0 Å². The van der Waals surface area contributed by atoms with Crippen LogP contribution in [0.5, 0.6) is 0 Å². The van der Waals surface area contributed by atoms with Crippen molar-refractivity contribution in [2.24, 2.45) is 4.99 Å². The van der Waals surface area contributed by atoms with Crippen molar-refractivity contribution in [3.8, 4) is 0 Å². The van der Waals surface area contributed by atoms with Gasteiger partial charge in [0, 0.05) is 19.2 Å². The average molecular weight is 291 g/mol. The highest BCUT2D eigenvalue weighted by Crippen LogP contribution is 2.23. The van der Waals surface area contributed by atoms with Gasteiger partial charge in [0.15, 0.2) is 5.17 Å². The summed E-state index contributed by atoms with van der Waals surface area (Å²) in [6, 6.07) is 5.88. The van der Waals surface area contributed by atoms with Crippen molar-refractivity contribution in [2.75, 3.05) is 12.4 Å². The molecule has 0 aliphatic carbocycles. The third-order valence-corrected chi connectivity index (χ3v) is 4.19. The average Bonchev–Trinajstić information content (AvgIpc) is 2.74. The number of thioether (sulfide) groups is 1. The van der Waals surface area contributed by atoms with Gasteiger partial charge in [0.25, 0.3) is 0 Å². The largest absolute Gasteiger partial charge is 0.326 e. The minimum Gasteiger partial charge on any atom is -0.326 e. The van der Waals surface area contributed by atoms with E-state index in [0.717, 1.165) is 16.8 Å². The van der Waals surface area contributed by atoms with Crippen LogP contribution in [-0.2, 0) is 9.59 Å². The SMILES string of the molecule is CN=C1NC(=O)[C@@H](CC(=O)Nc2cc(C)ccc2C)S1. The Morgan fingerprint density at radius 2 is 2.20 bits per heavy atom. The molecule has 1 fully saturated rings. The number of benzene rings is 1. The van der Waals surface area contributed by atoms with Crippen molar-refractivity contribution in [3.63, 3.8) is 0 Å². The summed E-state index contributed by atoms with van der Waals surface area (Å²) in [5, 5.41) is 5.66. The summed E-state index contributed by atoms with van der Waals surface area (Å²) in [6.07, 6.45) is 0.142. The maximum atomic E-state index is 12.0. The van der Waals surface area contributed by atoms with Gasteiger partial charge in [0.2, 0.25) is 11.8 Å². The second-order valence-electron chi connectivity index (χ2n) is 4.70. The molecule has 1 aromatic rings. The Balaban J connectivity index is 1.99. The van der Waals surface area contributed by atoms with E-state index in [4.69, 9.17) is 0 Å². The molecule has 0 radical (unpaired) electrons. The van der Waals surface area contributed by atoms with Crippen molar-refractivity contribution in [1.82, 2.24) is 5.32 Å². The summed E-state index contributed by atoms with van der Waals surface area (Å²) >= 11 is 1.29. The number of amides is 2. The monoisotopic (exact) mass is 291 g/mol. The predicted molar refractivity (Wildman–Crippen MR) is 82.0 cm³/mol. The van der Waals surface area contributed by atoms with Crippen molar-refractivity contribution in [3.05, 3.63) is 29.3 Å². The molecule has 1 aliphatic heterocycles. The molecule has 106 valence electrons. The number of nitrogens with zero attached hydrogens (tertiary/aromatic N) is 1. The number of hydrogen-bond acceptors (Lipinski definition) is 4. The Morgan fingerprint density at radius 1 is 1.45 bits per heavy atom. The molecule has 0 spiro atoms. The number of hydrogen-bond donors (Lipinski definition) is 2. The van der Waals surface area contributed by atoms with Crippen LogP contribution < -0.4 is 10.6 Å². The smallest absolute Gasteiger partial charge is 0.240 e. The second-order valence-corrected chi connectivity index (χ2v) is 5.89. The van der Waals surface area contributed by atoms with E-state index in [1.54, 1.807) is 7.05 Å². The summed E-state index contributed by atoms with van der Waals surface area (Å²) in [5.74, 6) is -0.324. The molecular formula is C14H17N3O2S. The summed E-state index contributed by atoms with van der Waals surface area (Å²) in [4.78, 5) is 27.6. The first kappa shape index (κ1) is 14.6. The topological polar surface area (TPSA) is 70.6 Å². The Hall–Kier alpha value is -1.82. The van der Waals surface area contributed by atoms with Gasteiger partial charge in [0.05, 0.1) is 0 Å². The lowest BCUT2D eigenvalue weighted by Gasteiger charge is -2.10. The number of carbonyl (C=O) groups excluding carboxylic acids is 2. The minimum atomic E-state index is -0.404. The maximum absolute atomic E-state index is 12.0. The van der Waals surface area contributed by atoms with E-state index >= 15 is 0 Å². The van der Waals surface area contributed by atoms with Crippen molar-refractivity contribution >= 4 is 34.4 Å². The van der Waals surface area contributed by atoms with Gasteiger partial charge in [-0.1, -0.05) is 23.9 Å². The summed E-state index contributed by atoms with van der Waals surface area (Å²) in [5.41, 5.74) is 2.88. The molecule has 2 N–H and O–H groups in total. The first-order valence-corrected chi connectivity index (χ1v) is 7.19. The van der Waals surface area contributed by atoms with E-state index in [2.05, 4.69) is 15.6 Å². The first-order chi connectivity index (χ1) is 9.49. The summed E-state index contributed by atoms with van der Waals surface area (Å²) in [7, 11) is 1.61. The predicted octanol–water partition coefficient (Wildman–Crippen LogP) is 1.85. The number of anilines is 1. The van der Waals surface area contributed by atoms with E-state index in [-0.39, 0.29) is 18.2 Å². The maximum Gasteiger partial charge on any atom is 0.240 e. The quantitative estimate of drug-likeness (QED) is 0.893. The zero-order valence-corrected chi connectivity index (χ0v) is 12.5. The Morgan fingerprint density at radius 3 is 2.85 bits per heavy atom. The lowest BCUT2D eigenvalue weighted by molar-refractivity contribution is -0.122. The molecule has 1 aliphatic rings. The Bertz CT molecular complexity index is 584. The van der Waals surface area contributed by atoms with Crippen molar-refractivity contribution < 1.29 is 9.59 Å². The summed E-state index contributed by atoms with van der Waals surface area (Å²) in [6.45, 7) is 3.91. The highest BCUT2D eigenvalue weighted by molar-refractivity contribution is 8.15. The summed E-state index contributed by atoms with van der Waals surface area (Å²) < 4.78 is 0. The number of amidine groups is 1. The molecule has 6 heteroatoms. The molecule has 2 rings (SSSR count). The lowest BCUT2D eigenvalue weighted by Crippen LogP contribution is -2.28. The highest BCUT2D eigenvalue weighted by atomic mass is 32.2. The van der Waals surface area contributed by atoms with Gasteiger partial charge in [-0.15, -0.1) is 0 Å². The van der Waals surface area contributed by atoms with Gasteiger partial charge >= 0.3 is 0 Å². The fraction of sp³-hybridized carbons (Fsp3) is 0.357. The normalized spacial score (nSPS) is 20.1. The van der Waals surface area contributed by atoms with Gasteiger partial charge in [0.1, 0.15) is 5.25 Å². The third-order valence-electron chi connectivity index (χ3n) is 3.02. The number of nitrogens with one attached hydrogen (secondary N) is 2. The van der Waals surface area contributed by atoms with Crippen molar-refractivity contribution in [2.45, 2.75) is 25.5 Å². The molecule has 1 atom stereocenters. The molecule has 0 saturated carbocycles. The molecular weight excluding hydrogens is 274 g/mol. The van der Waals surface area contributed by atoms with Gasteiger partial charge in [-0.3, -0.25) is 14.6 Å². The van der Waals surface area contributed by atoms with Crippen LogP contribution in [0.25, 0.3) is 0 Å². The van der Waals surface area contributed by atoms with Crippen LogP contribution in [0.3, 0.4) is 0 Å². The van der Waals surface area contributed by atoms with E-state index in [9.17, 15) is 9.59 Å². The second kappa shape index (κ2) is 6.09. The van der Waals surface area contributed by atoms with E-state index < -0.39 is 5.25 Å². The van der Waals surface area contributed by atoms with Gasteiger partial charge in [-0.05, 0) is 31.0 Å². The molecule has 20 heavy (non-hydrogen) atoms. The standard InChI is InChI=1S/C14H17N3O2S/c1-8-4-5-9(2)10(6-8)16-12(18)7-11-13(19)17-14(15-3)20-11/h4-6,11H,7H2,1-3H3,(H,16,18)(H,15,17,19)/t11-/m1/s1. The number of rotatable bonds is 3. The number of aryl methyl sites for hydroxylation is 2. The molecule has 0 bridgehead atoms. The fourth-order valence-electron chi connectivity index (χ4n) is 1.89. The zero-order chi connectivity index (χ0) is 14.7. The highest BCUT2D eigenvalue weighted by Gasteiger charge is 2.31. The van der Waals surface area contributed by atoms with Crippen LogP contribution in [0, 0.1) is 13.8 Å². The molecule has 5 nitrogen and oxygen atoms in total. The molecule has 1 saturated heterocycles. The van der Waals surface area contributed by atoms with Gasteiger partial charge in [-0.25, -0.2) is 0 Å². The Kier molecular flexibility index (Phi) is 4.44. The van der Waals surface area contributed by atoms with Gasteiger partial charge in [-0.2, -0.15) is 0 Å². The Labute approximate surface area is 122 Å². The van der Waals surface area contributed by atoms with E-state index in [1.807, 2.05) is 32.0 Å². The molecule has 0 aromatic heterocycles. The fourth-order valence-corrected chi connectivity index (χ4v) is 2.82. The lowest BCUT2D eigenvalue weighted by atomic mass is 10.1. The molecule has 0 unspecified atom stereocenters. The van der Waals surface area contributed by atoms with Gasteiger partial charge < -0.3 is 10.6 Å². The van der Waals surface area contributed by atoms with Crippen LogP contribution in [0.15, 0.2) is 23.2 Å². The van der Waals surface area contributed by atoms with Crippen LogP contribution in [0.1, 0.15) is 17.5 Å². The van der Waals surface area contributed by atoms with Crippen LogP contribution >= 0.6 is 11.8 Å². The number of carbonyl (C=O) groups is 2. The van der Waals surface area contributed by atoms with E-state index in [1.165, 1.54) is 11.8 Å². The minimum absolute atomic E-state index is 0.142. The van der Waals surface area contributed by atoms with Crippen LogP contribution in [-0.4, -0.2) is 29.3 Å². The van der Waals surface area contributed by atoms with E-state index in [0.29, 0.717) is 5.17 Å². The molecule has 2 amide bonds. The number of aliphatic imine (C=N–C) groups is 1. The first-order valence-electron chi connectivity index (χ1n) is 6.31.